The van der Waals surface area contributed by atoms with E-state index in [1.165, 1.54) is 6.07 Å². The Bertz CT molecular complexity index is 771. The van der Waals surface area contributed by atoms with Crippen LogP contribution in [-0.2, 0) is 6.54 Å². The number of nitriles is 1. The first kappa shape index (κ1) is 19.4. The summed E-state index contributed by atoms with van der Waals surface area (Å²) in [5.74, 6) is 0.111. The molecule has 0 aliphatic rings. The SMILES string of the molecule is CCNC(=NCc1ccc(C#N)cc1F)NCCC(O)c1ccccc1. The van der Waals surface area contributed by atoms with E-state index in [2.05, 4.69) is 15.6 Å². The molecule has 0 aliphatic heterocycles. The number of hydrogen-bond donors (Lipinski definition) is 3. The smallest absolute Gasteiger partial charge is 0.191 e. The van der Waals surface area contributed by atoms with Crippen molar-refractivity contribution in [2.45, 2.75) is 26.0 Å². The Kier molecular flexibility index (Phi) is 7.59. The van der Waals surface area contributed by atoms with E-state index in [9.17, 15) is 9.50 Å². The number of benzene rings is 2. The van der Waals surface area contributed by atoms with E-state index in [1.807, 2.05) is 43.3 Å². The molecular weight excluding hydrogens is 331 g/mol. The summed E-state index contributed by atoms with van der Waals surface area (Å²) in [4.78, 5) is 4.36. The van der Waals surface area contributed by atoms with Gasteiger partial charge < -0.3 is 15.7 Å². The molecular formula is C20H23FN4O. The predicted octanol–water partition coefficient (Wildman–Crippen LogP) is 2.88. The third-order valence-electron chi connectivity index (χ3n) is 3.83. The van der Waals surface area contributed by atoms with Crippen molar-refractivity contribution in [1.29, 1.82) is 5.26 Å². The van der Waals surface area contributed by atoms with Crippen molar-refractivity contribution >= 4 is 5.96 Å². The van der Waals surface area contributed by atoms with Crippen LogP contribution in [0.4, 0.5) is 4.39 Å². The Balaban J connectivity index is 1.91. The number of halogens is 1. The van der Waals surface area contributed by atoms with E-state index >= 15 is 0 Å². The van der Waals surface area contributed by atoms with Gasteiger partial charge in [-0.25, -0.2) is 9.38 Å². The third kappa shape index (κ3) is 5.87. The third-order valence-corrected chi connectivity index (χ3v) is 3.83. The molecule has 0 radical (unpaired) electrons. The number of aliphatic imine (C=N–C) groups is 1. The van der Waals surface area contributed by atoms with Crippen LogP contribution in [0.25, 0.3) is 0 Å². The molecule has 0 spiro atoms. The second-order valence-electron chi connectivity index (χ2n) is 5.76. The van der Waals surface area contributed by atoms with E-state index in [1.54, 1.807) is 12.1 Å². The number of aliphatic hydroxyl groups excluding tert-OH is 1. The van der Waals surface area contributed by atoms with E-state index < -0.39 is 11.9 Å². The minimum Gasteiger partial charge on any atom is -0.388 e. The lowest BCUT2D eigenvalue weighted by Gasteiger charge is -2.14. The quantitative estimate of drug-likeness (QED) is 0.528. The summed E-state index contributed by atoms with van der Waals surface area (Å²) < 4.78 is 13.9. The van der Waals surface area contributed by atoms with E-state index in [0.29, 0.717) is 31.0 Å². The maximum Gasteiger partial charge on any atom is 0.191 e. The van der Waals surface area contributed by atoms with Crippen LogP contribution in [0, 0.1) is 17.1 Å². The number of nitrogens with zero attached hydrogens (tertiary/aromatic N) is 2. The Labute approximate surface area is 153 Å². The monoisotopic (exact) mass is 354 g/mol. The average Bonchev–Trinajstić information content (AvgIpc) is 2.67. The molecule has 2 aromatic rings. The van der Waals surface area contributed by atoms with Crippen molar-refractivity contribution in [3.05, 3.63) is 71.0 Å². The summed E-state index contributed by atoms with van der Waals surface area (Å²) in [6.45, 7) is 3.30. The number of hydrogen-bond acceptors (Lipinski definition) is 3. The fourth-order valence-corrected chi connectivity index (χ4v) is 2.42. The van der Waals surface area contributed by atoms with Crippen LogP contribution in [0.2, 0.25) is 0 Å². The van der Waals surface area contributed by atoms with Crippen molar-refractivity contribution in [2.24, 2.45) is 4.99 Å². The number of rotatable bonds is 7. The lowest BCUT2D eigenvalue weighted by atomic mass is 10.1. The Morgan fingerprint density at radius 3 is 2.65 bits per heavy atom. The lowest BCUT2D eigenvalue weighted by molar-refractivity contribution is 0.168. The highest BCUT2D eigenvalue weighted by Gasteiger charge is 2.08. The van der Waals surface area contributed by atoms with Crippen molar-refractivity contribution in [2.75, 3.05) is 13.1 Å². The highest BCUT2D eigenvalue weighted by Crippen LogP contribution is 2.15. The Morgan fingerprint density at radius 2 is 2.00 bits per heavy atom. The van der Waals surface area contributed by atoms with Crippen LogP contribution in [0.3, 0.4) is 0 Å². The molecule has 0 aromatic heterocycles. The zero-order valence-electron chi connectivity index (χ0n) is 14.7. The number of nitrogens with one attached hydrogen (secondary N) is 2. The van der Waals surface area contributed by atoms with Gasteiger partial charge in [0.05, 0.1) is 24.3 Å². The topological polar surface area (TPSA) is 80.4 Å². The molecule has 6 heteroatoms. The Morgan fingerprint density at radius 1 is 1.23 bits per heavy atom. The summed E-state index contributed by atoms with van der Waals surface area (Å²) in [5, 5.41) is 25.2. The molecule has 26 heavy (non-hydrogen) atoms. The number of aliphatic hydroxyl groups is 1. The molecule has 0 aliphatic carbocycles. The molecule has 0 bridgehead atoms. The van der Waals surface area contributed by atoms with Gasteiger partial charge in [0.15, 0.2) is 5.96 Å². The lowest BCUT2D eigenvalue weighted by Crippen LogP contribution is -2.38. The standard InChI is InChI=1S/C20H23FN4O/c1-2-23-20(24-11-10-19(26)16-6-4-3-5-7-16)25-14-17-9-8-15(13-22)12-18(17)21/h3-9,12,19,26H,2,10-11,14H2,1H3,(H2,23,24,25). The first-order valence-electron chi connectivity index (χ1n) is 8.57. The van der Waals surface area contributed by atoms with Crippen LogP contribution in [0.1, 0.15) is 36.1 Å². The molecule has 0 heterocycles. The van der Waals surface area contributed by atoms with Gasteiger partial charge in [0.1, 0.15) is 5.82 Å². The Hall–Kier alpha value is -2.91. The minimum absolute atomic E-state index is 0.161. The highest BCUT2D eigenvalue weighted by atomic mass is 19.1. The van der Waals surface area contributed by atoms with Gasteiger partial charge in [-0.2, -0.15) is 5.26 Å². The fraction of sp³-hybridized carbons (Fsp3) is 0.300. The van der Waals surface area contributed by atoms with Gasteiger partial charge in [0, 0.05) is 18.7 Å². The molecule has 0 saturated carbocycles. The second-order valence-corrected chi connectivity index (χ2v) is 5.76. The fourth-order valence-electron chi connectivity index (χ4n) is 2.42. The zero-order valence-corrected chi connectivity index (χ0v) is 14.7. The molecule has 5 nitrogen and oxygen atoms in total. The van der Waals surface area contributed by atoms with Gasteiger partial charge in [-0.05, 0) is 31.0 Å². The van der Waals surface area contributed by atoms with Crippen molar-refractivity contribution in [1.82, 2.24) is 10.6 Å². The molecule has 0 saturated heterocycles. The van der Waals surface area contributed by atoms with Crippen LogP contribution >= 0.6 is 0 Å². The predicted molar refractivity (Wildman–Crippen MR) is 100.0 cm³/mol. The van der Waals surface area contributed by atoms with Crippen molar-refractivity contribution in [3.63, 3.8) is 0 Å². The van der Waals surface area contributed by atoms with Gasteiger partial charge in [-0.15, -0.1) is 0 Å². The number of guanidine groups is 1. The minimum atomic E-state index is -0.553. The highest BCUT2D eigenvalue weighted by molar-refractivity contribution is 5.79. The largest absolute Gasteiger partial charge is 0.388 e. The van der Waals surface area contributed by atoms with Gasteiger partial charge >= 0.3 is 0 Å². The maximum atomic E-state index is 13.9. The van der Waals surface area contributed by atoms with Crippen molar-refractivity contribution in [3.8, 4) is 6.07 Å². The van der Waals surface area contributed by atoms with Crippen LogP contribution in [0.15, 0.2) is 53.5 Å². The maximum absolute atomic E-state index is 13.9. The molecule has 1 unspecified atom stereocenters. The normalized spacial score (nSPS) is 12.3. The van der Waals surface area contributed by atoms with Gasteiger partial charge in [-0.3, -0.25) is 0 Å². The molecule has 136 valence electrons. The van der Waals surface area contributed by atoms with Gasteiger partial charge in [-0.1, -0.05) is 36.4 Å². The molecule has 0 amide bonds. The summed E-state index contributed by atoms with van der Waals surface area (Å²) in [7, 11) is 0. The van der Waals surface area contributed by atoms with Crippen LogP contribution < -0.4 is 10.6 Å². The van der Waals surface area contributed by atoms with E-state index in [4.69, 9.17) is 5.26 Å². The molecule has 2 rings (SSSR count). The molecule has 2 aromatic carbocycles. The van der Waals surface area contributed by atoms with E-state index in [0.717, 1.165) is 5.56 Å². The van der Waals surface area contributed by atoms with Gasteiger partial charge in [0.25, 0.3) is 0 Å². The first-order chi connectivity index (χ1) is 12.6. The summed E-state index contributed by atoms with van der Waals surface area (Å²) >= 11 is 0. The second kappa shape index (κ2) is 10.2. The summed E-state index contributed by atoms with van der Waals surface area (Å²) in [6, 6.07) is 15.7. The zero-order chi connectivity index (χ0) is 18.8. The summed E-state index contributed by atoms with van der Waals surface area (Å²) in [6.07, 6.45) is -0.0258. The van der Waals surface area contributed by atoms with Crippen LogP contribution in [-0.4, -0.2) is 24.2 Å². The first-order valence-corrected chi connectivity index (χ1v) is 8.57. The molecule has 1 atom stereocenters. The van der Waals surface area contributed by atoms with Crippen LogP contribution in [0.5, 0.6) is 0 Å². The summed E-state index contributed by atoms with van der Waals surface area (Å²) in [5.41, 5.74) is 1.58. The average molecular weight is 354 g/mol. The van der Waals surface area contributed by atoms with Gasteiger partial charge in [0.2, 0.25) is 0 Å². The molecule has 0 fully saturated rings. The van der Waals surface area contributed by atoms with Crippen molar-refractivity contribution < 1.29 is 9.50 Å². The molecule has 3 N–H and O–H groups in total. The van der Waals surface area contributed by atoms with E-state index in [-0.39, 0.29) is 12.1 Å².